The molecule has 78 valence electrons. The van der Waals surface area contributed by atoms with Gasteiger partial charge in [-0.1, -0.05) is 0 Å². The van der Waals surface area contributed by atoms with E-state index in [-0.39, 0.29) is 17.1 Å². The van der Waals surface area contributed by atoms with Crippen LogP contribution in [0.2, 0.25) is 0 Å². The maximum Gasteiger partial charge on any atom is 4.00 e. The molecule has 0 atom stereocenters. The Balaban J connectivity index is -0.0000000122. The van der Waals surface area contributed by atoms with E-state index in [0.717, 1.165) is 0 Å². The van der Waals surface area contributed by atoms with Crippen molar-refractivity contribution in [2.75, 3.05) is 0 Å². The normalized spacial score (nSPS) is 4.00. The summed E-state index contributed by atoms with van der Waals surface area (Å²) in [4.78, 5) is 31.0. The molecular formula is C4H5F3FeO4P+. The van der Waals surface area contributed by atoms with Gasteiger partial charge in [0, 0.05) is 12.6 Å². The van der Waals surface area contributed by atoms with Crippen LogP contribution in [0.5, 0.6) is 0 Å². The zero-order chi connectivity index (χ0) is 11.6. The van der Waals surface area contributed by atoms with Gasteiger partial charge >= 0.3 is 25.9 Å². The summed E-state index contributed by atoms with van der Waals surface area (Å²) in [5.74, 6) is 0. The Labute approximate surface area is 85.5 Å². The van der Waals surface area contributed by atoms with Crippen molar-refractivity contribution >= 4 is 36.0 Å². The second-order valence-electron chi connectivity index (χ2n) is 0.214. The molecule has 0 aromatic rings. The summed E-state index contributed by atoms with van der Waals surface area (Å²) in [5, 5.41) is 0. The minimum absolute atomic E-state index is 0. The maximum absolute atomic E-state index is 9.77. The van der Waals surface area contributed by atoms with Crippen molar-refractivity contribution in [3.63, 3.8) is 0 Å². The summed E-state index contributed by atoms with van der Waals surface area (Å²) >= 11 is 0. The van der Waals surface area contributed by atoms with E-state index in [9.17, 15) is 12.6 Å². The van der Waals surface area contributed by atoms with Gasteiger partial charge in [0.2, 0.25) is 0 Å². The van der Waals surface area contributed by atoms with E-state index in [2.05, 4.69) is 27.2 Å². The molecule has 4 nitrogen and oxygen atoms in total. The molecule has 0 amide bonds. The number of carbonyl (C=O) groups excluding carboxylic acids is 4. The fourth-order valence-corrected chi connectivity index (χ4v) is 0. The van der Waals surface area contributed by atoms with Crippen LogP contribution in [0.25, 0.3) is 0 Å². The van der Waals surface area contributed by atoms with Crippen LogP contribution in [0, 0.1) is 0 Å². The molecular weight excluding hydrogens is 256 g/mol. The van der Waals surface area contributed by atoms with E-state index in [1.165, 1.54) is 0 Å². The molecule has 0 aromatic heterocycles. The number of rotatable bonds is 0. The quantitative estimate of drug-likeness (QED) is 0.279. The molecule has 0 radical (unpaired) electrons. The van der Waals surface area contributed by atoms with Crippen LogP contribution < -0.4 is 0 Å². The molecule has 9 heteroatoms. The minimum Gasteiger partial charge on any atom is -0.545 e. The van der Waals surface area contributed by atoms with Crippen LogP contribution in [-0.2, 0) is 36.2 Å². The Morgan fingerprint density at radius 2 is 0.615 bits per heavy atom. The molecule has 0 rings (SSSR count). The topological polar surface area (TPSA) is 68.3 Å². The van der Waals surface area contributed by atoms with Gasteiger partial charge < -0.3 is 19.2 Å². The van der Waals surface area contributed by atoms with Crippen molar-refractivity contribution in [3.8, 4) is 0 Å². The molecule has 0 aliphatic rings. The van der Waals surface area contributed by atoms with E-state index in [4.69, 9.17) is 19.2 Å². The first kappa shape index (κ1) is 39.3. The van der Waals surface area contributed by atoms with Crippen LogP contribution in [0.15, 0.2) is 0 Å². The van der Waals surface area contributed by atoms with E-state index in [0.29, 0.717) is 0 Å². The molecule has 0 N–H and O–H groups in total. The van der Waals surface area contributed by atoms with Gasteiger partial charge in [-0.15, -0.1) is 0 Å². The third-order valence-corrected chi connectivity index (χ3v) is 0. The zero-order valence-electron chi connectivity index (χ0n) is 5.93. The molecule has 0 saturated heterocycles. The molecule has 0 aromatic carbocycles. The second kappa shape index (κ2) is 212. The van der Waals surface area contributed by atoms with Gasteiger partial charge in [0.25, 0.3) is 0 Å². The number of halogens is 3. The van der Waals surface area contributed by atoms with Crippen molar-refractivity contribution in [1.29, 1.82) is 0 Å². The van der Waals surface area contributed by atoms with E-state index < -0.39 is 8.85 Å². The Bertz CT molecular complexity index is 53.9. The van der Waals surface area contributed by atoms with Gasteiger partial charge in [-0.05, 0) is 0 Å². The van der Waals surface area contributed by atoms with Gasteiger partial charge in [-0.2, -0.15) is 0 Å². The SMILES string of the molecule is F[PH+](F)F.[CH-]=O.[CH-]=O.[CH-]=O.[CH-]=O.[Fe+4]. The third kappa shape index (κ3) is 3010. The summed E-state index contributed by atoms with van der Waals surface area (Å²) in [7, 11) is -4.38. The monoisotopic (exact) mass is 261 g/mol. The first-order valence-electron chi connectivity index (χ1n) is 1.51. The van der Waals surface area contributed by atoms with Gasteiger partial charge in [-0.3, -0.25) is 27.2 Å². The van der Waals surface area contributed by atoms with Crippen molar-refractivity contribution in [2.45, 2.75) is 0 Å². The molecule has 0 heterocycles. The summed E-state index contributed by atoms with van der Waals surface area (Å²) in [6, 6.07) is 0. The Morgan fingerprint density at radius 1 is 0.615 bits per heavy atom. The average Bonchev–Trinajstić information content (AvgIpc) is 2.16. The maximum atomic E-state index is 9.77. The van der Waals surface area contributed by atoms with Gasteiger partial charge in [-0.25, -0.2) is 0 Å². The average molecular weight is 261 g/mol. The predicted octanol–water partition coefficient (Wildman–Crippen LogP) is 0.755. The molecule has 0 aliphatic carbocycles. The third-order valence-electron chi connectivity index (χ3n) is 0. The Morgan fingerprint density at radius 3 is 0.615 bits per heavy atom. The summed E-state index contributed by atoms with van der Waals surface area (Å²) < 4.78 is 29.3. The van der Waals surface area contributed by atoms with E-state index in [1.54, 1.807) is 0 Å². The van der Waals surface area contributed by atoms with Crippen molar-refractivity contribution in [2.24, 2.45) is 0 Å². The second-order valence-corrected chi connectivity index (χ2v) is 0.643. The number of hydrogen-bond donors (Lipinski definition) is 0. The van der Waals surface area contributed by atoms with Crippen LogP contribution in [0.3, 0.4) is 0 Å². The molecule has 0 fully saturated rings. The van der Waals surface area contributed by atoms with Crippen LogP contribution in [-0.4, -0.2) is 27.2 Å². The predicted molar refractivity (Wildman–Crippen MR) is 38.6 cm³/mol. The fraction of sp³-hybridized carbons (Fsp3) is 0. The number of hydrogen-bond acceptors (Lipinski definition) is 4. The smallest absolute Gasteiger partial charge is 0.545 e. The molecule has 0 unspecified atom stereocenters. The van der Waals surface area contributed by atoms with Crippen molar-refractivity contribution in [3.05, 3.63) is 0 Å². The van der Waals surface area contributed by atoms with Crippen molar-refractivity contribution in [1.82, 2.24) is 0 Å². The Hall–Kier alpha value is -0.581. The Kier molecular flexibility index (Phi) is 640. The summed E-state index contributed by atoms with van der Waals surface area (Å²) in [5.41, 5.74) is 0. The van der Waals surface area contributed by atoms with E-state index in [1.807, 2.05) is 0 Å². The first-order chi connectivity index (χ1) is 5.73. The molecule has 0 spiro atoms. The fourth-order valence-electron chi connectivity index (χ4n) is 0. The summed E-state index contributed by atoms with van der Waals surface area (Å²) in [6.07, 6.45) is 0. The zero-order valence-corrected chi connectivity index (χ0v) is 8.03. The first-order valence-corrected chi connectivity index (χ1v) is 2.64. The largest absolute Gasteiger partial charge is 4.00 e. The van der Waals surface area contributed by atoms with Gasteiger partial charge in [0.1, 0.15) is 0 Å². The minimum atomic E-state index is -4.38. The molecule has 0 saturated carbocycles. The molecule has 13 heavy (non-hydrogen) atoms. The molecule has 0 aliphatic heterocycles. The van der Waals surface area contributed by atoms with Gasteiger partial charge in [0.05, 0.1) is 0 Å². The van der Waals surface area contributed by atoms with Gasteiger partial charge in [0.15, 0.2) is 0 Å². The van der Waals surface area contributed by atoms with Crippen LogP contribution in [0.4, 0.5) is 12.6 Å². The van der Waals surface area contributed by atoms with Crippen LogP contribution >= 0.6 is 8.85 Å². The van der Waals surface area contributed by atoms with E-state index >= 15 is 0 Å². The van der Waals surface area contributed by atoms with Crippen LogP contribution in [0.1, 0.15) is 0 Å². The standard InChI is InChI=1S/4CHO.F3HP.Fe/c4*1-2;1-4(2)3;/h4*1H;4H;/q4*-1;+1;+4. The molecule has 0 bridgehead atoms. The van der Waals surface area contributed by atoms with Crippen molar-refractivity contribution < 1.29 is 48.8 Å². The summed E-state index contributed by atoms with van der Waals surface area (Å²) in [6.45, 7) is 13.0.